The summed E-state index contributed by atoms with van der Waals surface area (Å²) in [6.45, 7) is 3.69. The number of rotatable bonds is 4. The molecule has 1 aromatic heterocycles. The molecule has 0 radical (unpaired) electrons. The number of allylic oxidation sites excluding steroid dienone is 1. The van der Waals surface area contributed by atoms with Crippen LogP contribution in [0.15, 0.2) is 48.0 Å². The lowest BCUT2D eigenvalue weighted by Gasteiger charge is -2.16. The molecule has 1 aromatic carbocycles. The number of amides is 1. The molecule has 1 aliphatic rings. The molecule has 0 saturated carbocycles. The van der Waals surface area contributed by atoms with Crippen LogP contribution in [0.1, 0.15) is 13.3 Å². The van der Waals surface area contributed by atoms with Crippen LogP contribution < -0.4 is 10.6 Å². The number of primary amides is 1. The van der Waals surface area contributed by atoms with E-state index in [9.17, 15) is 4.79 Å². The van der Waals surface area contributed by atoms with Gasteiger partial charge in [0.1, 0.15) is 0 Å². The second-order valence-electron chi connectivity index (χ2n) is 5.68. The number of carbonyl (C=O) groups is 1. The van der Waals surface area contributed by atoms with Gasteiger partial charge in [0.15, 0.2) is 0 Å². The molecular weight excluding hydrogens is 328 g/mol. The Kier molecular flexibility index (Phi) is 4.74. The Morgan fingerprint density at radius 3 is 2.70 bits per heavy atom. The highest BCUT2D eigenvalue weighted by Crippen LogP contribution is 2.37. The zero-order valence-electron chi connectivity index (χ0n) is 13.0. The number of benzene rings is 1. The van der Waals surface area contributed by atoms with Crippen molar-refractivity contribution in [2.45, 2.75) is 13.3 Å². The molecule has 120 valence electrons. The van der Waals surface area contributed by atoms with Gasteiger partial charge in [-0.25, -0.2) is 0 Å². The van der Waals surface area contributed by atoms with E-state index in [4.69, 9.17) is 17.3 Å². The van der Waals surface area contributed by atoms with E-state index in [1.54, 1.807) is 11.3 Å². The number of anilines is 1. The van der Waals surface area contributed by atoms with E-state index < -0.39 is 0 Å². The molecule has 3 rings (SSSR count). The fourth-order valence-corrected chi connectivity index (χ4v) is 4.23. The second kappa shape index (κ2) is 6.77. The highest BCUT2D eigenvalue weighted by Gasteiger charge is 2.28. The van der Waals surface area contributed by atoms with Gasteiger partial charge in [-0.3, -0.25) is 4.79 Å². The lowest BCUT2D eigenvalue weighted by molar-refractivity contribution is -0.115. The van der Waals surface area contributed by atoms with E-state index in [1.165, 1.54) is 15.4 Å². The average Bonchev–Trinajstić information content (AvgIpc) is 3.17. The van der Waals surface area contributed by atoms with Crippen molar-refractivity contribution in [2.75, 3.05) is 18.0 Å². The third-order valence-electron chi connectivity index (χ3n) is 4.26. The molecule has 1 saturated heterocycles. The van der Waals surface area contributed by atoms with Crippen LogP contribution in [0.2, 0.25) is 5.02 Å². The van der Waals surface area contributed by atoms with Gasteiger partial charge in [0.25, 0.3) is 0 Å². The standard InChI is InChI=1S/C18H19ClN2OS/c1-2-15(18(20)22)13-9-10-21(11-13)17-8-7-16(23-17)12-3-5-14(19)6-4-12/h2-8,13H,9-11H2,1H3,(H2,20,22)/b15-2-. The van der Waals surface area contributed by atoms with Crippen LogP contribution in [0.3, 0.4) is 0 Å². The monoisotopic (exact) mass is 346 g/mol. The first-order valence-corrected chi connectivity index (χ1v) is 8.84. The highest BCUT2D eigenvalue weighted by atomic mass is 35.5. The maximum Gasteiger partial charge on any atom is 0.244 e. The normalized spacial score (nSPS) is 18.4. The first kappa shape index (κ1) is 16.1. The van der Waals surface area contributed by atoms with Crippen molar-refractivity contribution in [3.05, 3.63) is 53.1 Å². The Bertz CT molecular complexity index is 736. The number of nitrogens with two attached hydrogens (primary N) is 1. The van der Waals surface area contributed by atoms with Crippen LogP contribution in [0.4, 0.5) is 5.00 Å². The second-order valence-corrected chi connectivity index (χ2v) is 7.18. The third kappa shape index (κ3) is 3.43. The van der Waals surface area contributed by atoms with Gasteiger partial charge in [-0.15, -0.1) is 11.3 Å². The summed E-state index contributed by atoms with van der Waals surface area (Å²) in [6, 6.07) is 12.2. The Labute approximate surface area is 145 Å². The summed E-state index contributed by atoms with van der Waals surface area (Å²) in [7, 11) is 0. The van der Waals surface area contributed by atoms with E-state index in [2.05, 4.69) is 17.0 Å². The molecule has 2 N–H and O–H groups in total. The zero-order chi connectivity index (χ0) is 16.4. The minimum atomic E-state index is -0.299. The van der Waals surface area contributed by atoms with Gasteiger partial charge in [0, 0.05) is 34.5 Å². The molecule has 0 aliphatic carbocycles. The largest absolute Gasteiger partial charge is 0.366 e. The summed E-state index contributed by atoms with van der Waals surface area (Å²) in [5, 5.41) is 1.98. The van der Waals surface area contributed by atoms with Gasteiger partial charge in [-0.1, -0.05) is 29.8 Å². The van der Waals surface area contributed by atoms with E-state index in [-0.39, 0.29) is 11.8 Å². The summed E-state index contributed by atoms with van der Waals surface area (Å²) in [4.78, 5) is 15.1. The minimum absolute atomic E-state index is 0.235. The van der Waals surface area contributed by atoms with Crippen LogP contribution in [0, 0.1) is 5.92 Å². The smallest absolute Gasteiger partial charge is 0.244 e. The summed E-state index contributed by atoms with van der Waals surface area (Å²) in [5.74, 6) is -0.0639. The van der Waals surface area contributed by atoms with Crippen LogP contribution in [0.25, 0.3) is 10.4 Å². The van der Waals surface area contributed by atoms with Gasteiger partial charge >= 0.3 is 0 Å². The van der Waals surface area contributed by atoms with Crippen molar-refractivity contribution >= 4 is 33.8 Å². The summed E-state index contributed by atoms with van der Waals surface area (Å²) in [6.07, 6.45) is 2.82. The maximum atomic E-state index is 11.5. The molecule has 1 amide bonds. The molecule has 3 nitrogen and oxygen atoms in total. The van der Waals surface area contributed by atoms with Crippen molar-refractivity contribution < 1.29 is 4.79 Å². The fourth-order valence-electron chi connectivity index (χ4n) is 3.06. The maximum absolute atomic E-state index is 11.5. The lowest BCUT2D eigenvalue weighted by atomic mass is 9.97. The molecule has 2 heterocycles. The molecule has 23 heavy (non-hydrogen) atoms. The Hall–Kier alpha value is -1.78. The quantitative estimate of drug-likeness (QED) is 0.838. The third-order valence-corrected chi connectivity index (χ3v) is 5.70. The fraction of sp³-hybridized carbons (Fsp3) is 0.278. The van der Waals surface area contributed by atoms with Crippen molar-refractivity contribution in [3.8, 4) is 10.4 Å². The van der Waals surface area contributed by atoms with Crippen molar-refractivity contribution in [2.24, 2.45) is 11.7 Å². The van der Waals surface area contributed by atoms with Crippen LogP contribution in [-0.2, 0) is 4.79 Å². The Balaban J connectivity index is 1.74. The molecular formula is C18H19ClN2OS. The number of halogens is 1. The Morgan fingerprint density at radius 2 is 2.04 bits per heavy atom. The Morgan fingerprint density at radius 1 is 1.30 bits per heavy atom. The molecule has 5 heteroatoms. The molecule has 0 spiro atoms. The van der Waals surface area contributed by atoms with Crippen LogP contribution >= 0.6 is 22.9 Å². The van der Waals surface area contributed by atoms with Gasteiger partial charge < -0.3 is 10.6 Å². The summed E-state index contributed by atoms with van der Waals surface area (Å²) in [5.41, 5.74) is 7.40. The van der Waals surface area contributed by atoms with Crippen molar-refractivity contribution in [3.63, 3.8) is 0 Å². The summed E-state index contributed by atoms with van der Waals surface area (Å²) < 4.78 is 0. The first-order valence-electron chi connectivity index (χ1n) is 7.65. The SMILES string of the molecule is C/C=C(\C(N)=O)C1CCN(c2ccc(-c3ccc(Cl)cc3)s2)C1. The van der Waals surface area contributed by atoms with E-state index in [1.807, 2.05) is 37.3 Å². The van der Waals surface area contributed by atoms with Crippen molar-refractivity contribution in [1.29, 1.82) is 0 Å². The summed E-state index contributed by atoms with van der Waals surface area (Å²) >= 11 is 7.71. The van der Waals surface area contributed by atoms with Gasteiger partial charge in [-0.05, 0) is 43.2 Å². The number of thiophene rings is 1. The van der Waals surface area contributed by atoms with Crippen LogP contribution in [-0.4, -0.2) is 19.0 Å². The predicted molar refractivity (Wildman–Crippen MR) is 98.0 cm³/mol. The van der Waals surface area contributed by atoms with Gasteiger partial charge in [0.05, 0.1) is 5.00 Å². The first-order chi connectivity index (χ1) is 11.1. The minimum Gasteiger partial charge on any atom is -0.366 e. The molecule has 0 bridgehead atoms. The van der Waals surface area contributed by atoms with E-state index >= 15 is 0 Å². The molecule has 1 atom stereocenters. The predicted octanol–water partition coefficient (Wildman–Crippen LogP) is 4.33. The lowest BCUT2D eigenvalue weighted by Crippen LogP contribution is -2.24. The van der Waals surface area contributed by atoms with Crippen LogP contribution in [0.5, 0.6) is 0 Å². The highest BCUT2D eigenvalue weighted by molar-refractivity contribution is 7.19. The van der Waals surface area contributed by atoms with E-state index in [0.717, 1.165) is 30.1 Å². The zero-order valence-corrected chi connectivity index (χ0v) is 14.5. The topological polar surface area (TPSA) is 46.3 Å². The average molecular weight is 347 g/mol. The number of carbonyl (C=O) groups excluding carboxylic acids is 1. The number of hydrogen-bond donors (Lipinski definition) is 1. The van der Waals surface area contributed by atoms with Gasteiger partial charge in [0.2, 0.25) is 5.91 Å². The molecule has 1 aliphatic heterocycles. The number of hydrogen-bond acceptors (Lipinski definition) is 3. The van der Waals surface area contributed by atoms with Gasteiger partial charge in [-0.2, -0.15) is 0 Å². The van der Waals surface area contributed by atoms with Crippen molar-refractivity contribution in [1.82, 2.24) is 0 Å². The van der Waals surface area contributed by atoms with E-state index in [0.29, 0.717) is 0 Å². The molecule has 1 fully saturated rings. The molecule has 1 unspecified atom stereocenters. The number of nitrogens with zero attached hydrogens (tertiary/aromatic N) is 1. The molecule has 2 aromatic rings.